The standard InChI is InChI=1S/C26H20Cl2N10O2/c27-16-6-7-20(38-12-22(28)35-36-38)17(9-16)19-10-23(39)37(14-33-19)21(8-15-4-2-1-3-5-15)26(40)34-25-18(11-29)24(30)31-13-32-25/h1-7,9-14,21,29H,8H2,(H3,30,31,32,34,40)/t21-/m0/s1. The van der Waals surface area contributed by atoms with Gasteiger partial charge in [-0.1, -0.05) is 58.7 Å². The Balaban J connectivity index is 1.55. The average Bonchev–Trinajstić information content (AvgIpc) is 3.38. The molecule has 4 N–H and O–H groups in total. The van der Waals surface area contributed by atoms with Crippen LogP contribution in [0.25, 0.3) is 16.9 Å². The first-order valence-electron chi connectivity index (χ1n) is 11.8. The van der Waals surface area contributed by atoms with Crippen molar-refractivity contribution in [1.82, 2.24) is 34.5 Å². The average molecular weight is 575 g/mol. The molecule has 0 aliphatic carbocycles. The number of anilines is 2. The monoisotopic (exact) mass is 574 g/mol. The Hall–Kier alpha value is -4.94. The number of amides is 1. The molecule has 12 nitrogen and oxygen atoms in total. The van der Waals surface area contributed by atoms with Crippen molar-refractivity contribution in [3.63, 3.8) is 0 Å². The predicted octanol–water partition coefficient (Wildman–Crippen LogP) is 3.59. The van der Waals surface area contributed by atoms with E-state index in [1.807, 2.05) is 30.3 Å². The number of nitrogen functional groups attached to an aromatic ring is 1. The zero-order valence-electron chi connectivity index (χ0n) is 20.6. The van der Waals surface area contributed by atoms with Gasteiger partial charge in [-0.2, -0.15) is 0 Å². The van der Waals surface area contributed by atoms with Crippen molar-refractivity contribution in [3.05, 3.63) is 105 Å². The smallest absolute Gasteiger partial charge is 0.254 e. The number of nitrogens with one attached hydrogen (secondary N) is 2. The predicted molar refractivity (Wildman–Crippen MR) is 151 cm³/mol. The van der Waals surface area contributed by atoms with Crippen molar-refractivity contribution < 1.29 is 4.79 Å². The summed E-state index contributed by atoms with van der Waals surface area (Å²) in [6.45, 7) is 0. The summed E-state index contributed by atoms with van der Waals surface area (Å²) in [4.78, 5) is 39.4. The van der Waals surface area contributed by atoms with Gasteiger partial charge >= 0.3 is 0 Å². The van der Waals surface area contributed by atoms with E-state index in [4.69, 9.17) is 34.3 Å². The Morgan fingerprint density at radius 3 is 2.60 bits per heavy atom. The molecule has 1 amide bonds. The lowest BCUT2D eigenvalue weighted by molar-refractivity contribution is -0.119. The van der Waals surface area contributed by atoms with Crippen molar-refractivity contribution >= 4 is 47.0 Å². The highest BCUT2D eigenvalue weighted by Crippen LogP contribution is 2.28. The minimum absolute atomic E-state index is 0.0362. The number of nitrogens with two attached hydrogens (primary N) is 1. The summed E-state index contributed by atoms with van der Waals surface area (Å²) >= 11 is 12.2. The van der Waals surface area contributed by atoms with Crippen molar-refractivity contribution in [2.24, 2.45) is 0 Å². The summed E-state index contributed by atoms with van der Waals surface area (Å²) in [6.07, 6.45) is 5.12. The second-order valence-corrected chi connectivity index (χ2v) is 9.35. The van der Waals surface area contributed by atoms with E-state index in [2.05, 4.69) is 30.6 Å². The molecule has 40 heavy (non-hydrogen) atoms. The van der Waals surface area contributed by atoms with Gasteiger partial charge in [0.05, 0.1) is 29.5 Å². The van der Waals surface area contributed by atoms with Crippen LogP contribution in [0.2, 0.25) is 10.2 Å². The molecule has 0 saturated carbocycles. The van der Waals surface area contributed by atoms with Crippen LogP contribution in [-0.4, -0.2) is 46.6 Å². The van der Waals surface area contributed by atoms with Crippen molar-refractivity contribution in [2.75, 3.05) is 11.1 Å². The van der Waals surface area contributed by atoms with Crippen LogP contribution in [0.3, 0.4) is 0 Å². The fraction of sp³-hybridized carbons (Fsp3) is 0.0769. The molecular formula is C26H20Cl2N10O2. The van der Waals surface area contributed by atoms with E-state index in [-0.39, 0.29) is 28.8 Å². The number of benzene rings is 2. The molecule has 0 aliphatic heterocycles. The molecule has 0 aliphatic rings. The van der Waals surface area contributed by atoms with Gasteiger partial charge in [0.1, 0.15) is 24.0 Å². The fourth-order valence-electron chi connectivity index (χ4n) is 4.07. The number of hydrogen-bond donors (Lipinski definition) is 3. The van der Waals surface area contributed by atoms with Crippen LogP contribution in [0.4, 0.5) is 11.6 Å². The van der Waals surface area contributed by atoms with Crippen LogP contribution in [0, 0.1) is 5.41 Å². The minimum Gasteiger partial charge on any atom is -0.383 e. The maximum Gasteiger partial charge on any atom is 0.254 e. The summed E-state index contributed by atoms with van der Waals surface area (Å²) in [5.74, 6) is -0.463. The third-order valence-electron chi connectivity index (χ3n) is 5.99. The summed E-state index contributed by atoms with van der Waals surface area (Å²) in [5.41, 5.74) is 7.67. The first-order valence-corrected chi connectivity index (χ1v) is 12.5. The zero-order valence-corrected chi connectivity index (χ0v) is 22.1. The molecule has 0 unspecified atom stereocenters. The number of hydrogen-bond acceptors (Lipinski definition) is 9. The van der Waals surface area contributed by atoms with Crippen LogP contribution in [0.5, 0.6) is 0 Å². The van der Waals surface area contributed by atoms with E-state index in [0.29, 0.717) is 22.0 Å². The number of nitrogens with zero attached hydrogens (tertiary/aromatic N) is 7. The van der Waals surface area contributed by atoms with Gasteiger partial charge in [0.25, 0.3) is 5.56 Å². The molecular weight excluding hydrogens is 555 g/mol. The summed E-state index contributed by atoms with van der Waals surface area (Å²) in [7, 11) is 0. The van der Waals surface area contributed by atoms with E-state index in [1.54, 1.807) is 18.2 Å². The molecule has 200 valence electrons. The number of carbonyl (C=O) groups excluding carboxylic acids is 1. The lowest BCUT2D eigenvalue weighted by atomic mass is 10.0. The highest BCUT2D eigenvalue weighted by Gasteiger charge is 2.25. The van der Waals surface area contributed by atoms with Gasteiger partial charge in [-0.25, -0.2) is 19.6 Å². The quantitative estimate of drug-likeness (QED) is 0.236. The lowest BCUT2D eigenvalue weighted by Gasteiger charge is -2.20. The Morgan fingerprint density at radius 2 is 1.90 bits per heavy atom. The number of halogens is 2. The molecule has 2 aromatic carbocycles. The van der Waals surface area contributed by atoms with Crippen molar-refractivity contribution in [2.45, 2.75) is 12.5 Å². The Morgan fingerprint density at radius 1 is 1.10 bits per heavy atom. The van der Waals surface area contributed by atoms with Gasteiger partial charge in [0.15, 0.2) is 5.15 Å². The second kappa shape index (κ2) is 11.4. The fourth-order valence-corrected chi connectivity index (χ4v) is 4.37. The third kappa shape index (κ3) is 5.58. The number of carbonyl (C=O) groups is 1. The molecule has 14 heteroatoms. The van der Waals surface area contributed by atoms with Crippen LogP contribution in [0.15, 0.2) is 78.2 Å². The summed E-state index contributed by atoms with van der Waals surface area (Å²) in [6, 6.07) is 14.5. The molecule has 0 saturated heterocycles. The first kappa shape index (κ1) is 26.7. The van der Waals surface area contributed by atoms with Gasteiger partial charge in [0.2, 0.25) is 5.91 Å². The Kier molecular flexibility index (Phi) is 7.62. The van der Waals surface area contributed by atoms with E-state index < -0.39 is 17.5 Å². The normalized spacial score (nSPS) is 11.7. The summed E-state index contributed by atoms with van der Waals surface area (Å²) in [5, 5.41) is 18.7. The summed E-state index contributed by atoms with van der Waals surface area (Å²) < 4.78 is 2.68. The van der Waals surface area contributed by atoms with Gasteiger partial charge in [-0.3, -0.25) is 14.2 Å². The second-order valence-electron chi connectivity index (χ2n) is 8.53. The highest BCUT2D eigenvalue weighted by molar-refractivity contribution is 6.31. The van der Waals surface area contributed by atoms with Crippen LogP contribution in [-0.2, 0) is 11.2 Å². The molecule has 0 bridgehead atoms. The van der Waals surface area contributed by atoms with E-state index in [1.165, 1.54) is 34.2 Å². The Bertz CT molecular complexity index is 1770. The lowest BCUT2D eigenvalue weighted by Crippen LogP contribution is -2.35. The first-order chi connectivity index (χ1) is 19.3. The molecule has 0 fully saturated rings. The molecule has 1 atom stereocenters. The van der Waals surface area contributed by atoms with E-state index in [0.717, 1.165) is 11.8 Å². The van der Waals surface area contributed by atoms with Gasteiger partial charge in [0, 0.05) is 29.3 Å². The maximum atomic E-state index is 13.6. The third-order valence-corrected chi connectivity index (χ3v) is 6.40. The molecule has 3 aromatic heterocycles. The van der Waals surface area contributed by atoms with Gasteiger partial charge in [-0.05, 0) is 23.8 Å². The number of rotatable bonds is 8. The molecule has 3 heterocycles. The molecule has 0 spiro atoms. The van der Waals surface area contributed by atoms with E-state index >= 15 is 0 Å². The maximum absolute atomic E-state index is 13.6. The SMILES string of the molecule is N=Cc1c(N)ncnc1NC(=O)[C@H](Cc1ccccc1)n1cnc(-c2cc(Cl)ccc2-n2cc(Cl)nn2)cc1=O. The van der Waals surface area contributed by atoms with Crippen molar-refractivity contribution in [3.8, 4) is 16.9 Å². The van der Waals surface area contributed by atoms with Gasteiger partial charge < -0.3 is 16.5 Å². The highest BCUT2D eigenvalue weighted by atomic mass is 35.5. The molecule has 5 rings (SSSR count). The minimum atomic E-state index is -1.01. The molecule has 5 aromatic rings. The molecule has 0 radical (unpaired) electrons. The Labute approximate surface area is 237 Å². The van der Waals surface area contributed by atoms with Crippen LogP contribution < -0.4 is 16.6 Å². The van der Waals surface area contributed by atoms with Crippen LogP contribution in [0.1, 0.15) is 17.2 Å². The van der Waals surface area contributed by atoms with Gasteiger partial charge in [-0.15, -0.1) is 5.10 Å². The van der Waals surface area contributed by atoms with Crippen molar-refractivity contribution in [1.29, 1.82) is 5.41 Å². The zero-order chi connectivity index (χ0) is 28.2. The topological polar surface area (TPSA) is 170 Å². The largest absolute Gasteiger partial charge is 0.383 e. The number of aromatic nitrogens is 7. The van der Waals surface area contributed by atoms with Crippen LogP contribution >= 0.6 is 23.2 Å². The van der Waals surface area contributed by atoms with E-state index in [9.17, 15) is 9.59 Å².